The maximum absolute atomic E-state index is 6.12. The molecule has 2 rings (SSSR count). The van der Waals surface area contributed by atoms with Crippen LogP contribution in [0.1, 0.15) is 31.0 Å². The number of nitrogens with zero attached hydrogens (tertiary/aromatic N) is 1. The molecule has 4 heteroatoms. The Bertz CT molecular complexity index is 427. The van der Waals surface area contributed by atoms with E-state index in [-0.39, 0.29) is 0 Å². The first kappa shape index (κ1) is 15.8. The highest BCUT2D eigenvalue weighted by atomic mass is 32.2. The quantitative estimate of drug-likeness (QED) is 0.906. The third kappa shape index (κ3) is 3.37. The van der Waals surface area contributed by atoms with E-state index in [1.807, 2.05) is 0 Å². The van der Waals surface area contributed by atoms with Gasteiger partial charge >= 0.3 is 0 Å². The van der Waals surface area contributed by atoms with Crippen molar-refractivity contribution in [2.45, 2.75) is 37.8 Å². The van der Waals surface area contributed by atoms with E-state index in [4.69, 9.17) is 10.5 Å². The predicted molar refractivity (Wildman–Crippen MR) is 87.0 cm³/mol. The molecule has 1 fully saturated rings. The number of rotatable bonds is 5. The third-order valence-electron chi connectivity index (χ3n) is 4.27. The van der Waals surface area contributed by atoms with Crippen LogP contribution < -0.4 is 5.73 Å². The number of ether oxygens (including phenoxy) is 1. The van der Waals surface area contributed by atoms with Crippen LogP contribution >= 0.6 is 11.8 Å². The Kier molecular flexibility index (Phi) is 5.90. The average molecular weight is 294 g/mol. The number of methoxy groups -OCH3 is 1. The van der Waals surface area contributed by atoms with Gasteiger partial charge in [-0.2, -0.15) is 11.8 Å². The van der Waals surface area contributed by atoms with Crippen LogP contribution in [-0.2, 0) is 11.3 Å². The highest BCUT2D eigenvalue weighted by Crippen LogP contribution is 2.32. The summed E-state index contributed by atoms with van der Waals surface area (Å²) in [4.78, 5) is 2.57. The van der Waals surface area contributed by atoms with Gasteiger partial charge in [0.25, 0.3) is 0 Å². The SMILES string of the molecule is COCc1ccccc1C(CN)N1CCSC(C)C1C. The Morgan fingerprint density at radius 3 is 2.85 bits per heavy atom. The van der Waals surface area contributed by atoms with Gasteiger partial charge in [-0.05, 0) is 18.1 Å². The highest BCUT2D eigenvalue weighted by Gasteiger charge is 2.31. The molecule has 3 unspecified atom stereocenters. The third-order valence-corrected chi connectivity index (χ3v) is 5.61. The van der Waals surface area contributed by atoms with Gasteiger partial charge in [-0.15, -0.1) is 0 Å². The van der Waals surface area contributed by atoms with E-state index in [9.17, 15) is 0 Å². The second kappa shape index (κ2) is 7.46. The van der Waals surface area contributed by atoms with E-state index >= 15 is 0 Å². The molecule has 1 heterocycles. The van der Waals surface area contributed by atoms with Gasteiger partial charge in [0.1, 0.15) is 0 Å². The minimum absolute atomic E-state index is 0.291. The van der Waals surface area contributed by atoms with Gasteiger partial charge in [0.15, 0.2) is 0 Å². The zero-order valence-electron chi connectivity index (χ0n) is 12.7. The zero-order valence-corrected chi connectivity index (χ0v) is 13.5. The zero-order chi connectivity index (χ0) is 14.5. The van der Waals surface area contributed by atoms with E-state index in [0.29, 0.717) is 30.5 Å². The first-order valence-electron chi connectivity index (χ1n) is 7.33. The number of hydrogen-bond donors (Lipinski definition) is 1. The first-order valence-corrected chi connectivity index (χ1v) is 8.38. The number of thioether (sulfide) groups is 1. The van der Waals surface area contributed by atoms with Crippen molar-refractivity contribution in [1.29, 1.82) is 0 Å². The highest BCUT2D eigenvalue weighted by molar-refractivity contribution is 8.00. The van der Waals surface area contributed by atoms with Crippen molar-refractivity contribution in [3.05, 3.63) is 35.4 Å². The van der Waals surface area contributed by atoms with E-state index in [0.717, 1.165) is 6.54 Å². The molecular weight excluding hydrogens is 268 g/mol. The molecule has 0 aliphatic carbocycles. The van der Waals surface area contributed by atoms with Gasteiger partial charge in [-0.3, -0.25) is 4.90 Å². The van der Waals surface area contributed by atoms with E-state index < -0.39 is 0 Å². The number of benzene rings is 1. The minimum atomic E-state index is 0.291. The monoisotopic (exact) mass is 294 g/mol. The van der Waals surface area contributed by atoms with Crippen molar-refractivity contribution < 1.29 is 4.74 Å². The van der Waals surface area contributed by atoms with Crippen LogP contribution in [0.5, 0.6) is 0 Å². The van der Waals surface area contributed by atoms with Crippen LogP contribution in [0.25, 0.3) is 0 Å². The van der Waals surface area contributed by atoms with Crippen LogP contribution in [0.4, 0.5) is 0 Å². The normalized spacial score (nSPS) is 25.6. The predicted octanol–water partition coefficient (Wildman–Crippen LogP) is 2.66. The molecule has 1 saturated heterocycles. The lowest BCUT2D eigenvalue weighted by Gasteiger charge is -2.42. The van der Waals surface area contributed by atoms with Crippen LogP contribution in [0, 0.1) is 0 Å². The molecule has 1 aliphatic heterocycles. The van der Waals surface area contributed by atoms with Gasteiger partial charge in [-0.25, -0.2) is 0 Å². The summed E-state index contributed by atoms with van der Waals surface area (Å²) in [7, 11) is 1.75. The maximum Gasteiger partial charge on any atom is 0.0716 e. The molecule has 0 aromatic heterocycles. The van der Waals surface area contributed by atoms with Crippen LogP contribution in [0.3, 0.4) is 0 Å². The summed E-state index contributed by atoms with van der Waals surface area (Å²) >= 11 is 2.06. The first-order chi connectivity index (χ1) is 9.69. The van der Waals surface area contributed by atoms with E-state index in [1.165, 1.54) is 16.9 Å². The summed E-state index contributed by atoms with van der Waals surface area (Å²) in [5.74, 6) is 1.19. The molecule has 2 N–H and O–H groups in total. The Hall–Kier alpha value is -0.550. The smallest absolute Gasteiger partial charge is 0.0716 e. The molecule has 3 nitrogen and oxygen atoms in total. The molecule has 20 heavy (non-hydrogen) atoms. The molecule has 3 atom stereocenters. The fraction of sp³-hybridized carbons (Fsp3) is 0.625. The van der Waals surface area contributed by atoms with Crippen molar-refractivity contribution >= 4 is 11.8 Å². The van der Waals surface area contributed by atoms with E-state index in [1.54, 1.807) is 7.11 Å². The molecule has 0 amide bonds. The van der Waals surface area contributed by atoms with Gasteiger partial charge in [0, 0.05) is 43.3 Å². The summed E-state index contributed by atoms with van der Waals surface area (Å²) < 4.78 is 5.34. The second-order valence-electron chi connectivity index (χ2n) is 5.44. The van der Waals surface area contributed by atoms with Crippen molar-refractivity contribution in [2.75, 3.05) is 26.0 Å². The fourth-order valence-electron chi connectivity index (χ4n) is 2.98. The van der Waals surface area contributed by atoms with Crippen LogP contribution in [0.15, 0.2) is 24.3 Å². The summed E-state index contributed by atoms with van der Waals surface area (Å²) in [6.07, 6.45) is 0. The summed E-state index contributed by atoms with van der Waals surface area (Å²) in [6, 6.07) is 9.37. The van der Waals surface area contributed by atoms with Crippen LogP contribution in [-0.4, -0.2) is 42.1 Å². The lowest BCUT2D eigenvalue weighted by atomic mass is 9.97. The molecular formula is C16H26N2OS. The van der Waals surface area contributed by atoms with Gasteiger partial charge in [-0.1, -0.05) is 31.2 Å². The van der Waals surface area contributed by atoms with Crippen molar-refractivity contribution in [3.63, 3.8) is 0 Å². The van der Waals surface area contributed by atoms with Crippen LogP contribution in [0.2, 0.25) is 0 Å². The Balaban J connectivity index is 2.27. The maximum atomic E-state index is 6.12. The van der Waals surface area contributed by atoms with Crippen molar-refractivity contribution in [2.24, 2.45) is 5.73 Å². The standard InChI is InChI=1S/C16H26N2OS/c1-12-13(2)20-9-8-18(12)16(10-17)15-7-5-4-6-14(15)11-19-3/h4-7,12-13,16H,8-11,17H2,1-3H3. The molecule has 0 bridgehead atoms. The Morgan fingerprint density at radius 1 is 1.40 bits per heavy atom. The summed E-state index contributed by atoms with van der Waals surface area (Å²) in [6.45, 7) is 7.05. The minimum Gasteiger partial charge on any atom is -0.380 e. The summed E-state index contributed by atoms with van der Waals surface area (Å²) in [5, 5.41) is 0.660. The summed E-state index contributed by atoms with van der Waals surface area (Å²) in [5.41, 5.74) is 8.69. The molecule has 0 spiro atoms. The molecule has 0 saturated carbocycles. The largest absolute Gasteiger partial charge is 0.380 e. The molecule has 1 aromatic carbocycles. The van der Waals surface area contributed by atoms with E-state index in [2.05, 4.69) is 54.8 Å². The molecule has 1 aromatic rings. The molecule has 0 radical (unpaired) electrons. The molecule has 1 aliphatic rings. The molecule has 112 valence electrons. The van der Waals surface area contributed by atoms with Crippen molar-refractivity contribution in [3.8, 4) is 0 Å². The lowest BCUT2D eigenvalue weighted by molar-refractivity contribution is 0.144. The van der Waals surface area contributed by atoms with Gasteiger partial charge < -0.3 is 10.5 Å². The lowest BCUT2D eigenvalue weighted by Crippen LogP contribution is -2.48. The topological polar surface area (TPSA) is 38.5 Å². The van der Waals surface area contributed by atoms with Gasteiger partial charge in [0.05, 0.1) is 6.61 Å². The number of hydrogen-bond acceptors (Lipinski definition) is 4. The fourth-order valence-corrected chi connectivity index (χ4v) is 4.11. The van der Waals surface area contributed by atoms with Gasteiger partial charge in [0.2, 0.25) is 0 Å². The Labute approximate surface area is 126 Å². The van der Waals surface area contributed by atoms with Crippen molar-refractivity contribution in [1.82, 2.24) is 4.90 Å². The number of nitrogens with two attached hydrogens (primary N) is 1. The average Bonchev–Trinajstić information content (AvgIpc) is 2.46. The second-order valence-corrected chi connectivity index (χ2v) is 6.92. The Morgan fingerprint density at radius 2 is 2.15 bits per heavy atom.